The molecule has 2 unspecified atom stereocenters. The predicted molar refractivity (Wildman–Crippen MR) is 53.1 cm³/mol. The molecule has 1 fully saturated rings. The smallest absolute Gasteiger partial charge is 0.129 e. The summed E-state index contributed by atoms with van der Waals surface area (Å²) in [7, 11) is 0. The highest BCUT2D eigenvalue weighted by Crippen LogP contribution is 2.51. The molecule has 2 aliphatic rings. The topological polar surface area (TPSA) is 24.9 Å². The Morgan fingerprint density at radius 3 is 3.15 bits per heavy atom. The summed E-state index contributed by atoms with van der Waals surface area (Å²) in [5, 5.41) is 3.43. The fourth-order valence-corrected chi connectivity index (χ4v) is 2.09. The highest BCUT2D eigenvalue weighted by atomic mass is 15.1. The first-order valence-corrected chi connectivity index (χ1v) is 5.02. The molecule has 2 heteroatoms. The fourth-order valence-electron chi connectivity index (χ4n) is 2.09. The van der Waals surface area contributed by atoms with E-state index < -0.39 is 0 Å². The van der Waals surface area contributed by atoms with Crippen LogP contribution in [-0.4, -0.2) is 11.0 Å². The van der Waals surface area contributed by atoms with Crippen LogP contribution in [-0.2, 0) is 0 Å². The van der Waals surface area contributed by atoms with E-state index in [0.717, 1.165) is 11.7 Å². The van der Waals surface area contributed by atoms with Gasteiger partial charge >= 0.3 is 0 Å². The molecule has 0 saturated heterocycles. The molecule has 0 amide bonds. The molecular formula is C11H14N2. The number of nitrogens with one attached hydrogen (secondary N) is 1. The number of anilines is 1. The van der Waals surface area contributed by atoms with E-state index in [4.69, 9.17) is 0 Å². The van der Waals surface area contributed by atoms with Gasteiger partial charge in [0, 0.05) is 18.2 Å². The molecule has 13 heavy (non-hydrogen) atoms. The van der Waals surface area contributed by atoms with Crippen LogP contribution in [0, 0.1) is 0 Å². The molecule has 1 N–H and O–H groups in total. The fraction of sp³-hybridized carbons (Fsp3) is 0.545. The molecule has 1 aromatic heterocycles. The van der Waals surface area contributed by atoms with E-state index in [2.05, 4.69) is 30.2 Å². The minimum atomic E-state index is 0.593. The molecule has 0 radical (unpaired) electrons. The van der Waals surface area contributed by atoms with Crippen LogP contribution < -0.4 is 5.32 Å². The van der Waals surface area contributed by atoms with Crippen LogP contribution >= 0.6 is 0 Å². The van der Waals surface area contributed by atoms with Gasteiger partial charge in [-0.1, -0.05) is 13.8 Å². The van der Waals surface area contributed by atoms with Crippen LogP contribution in [0.2, 0.25) is 0 Å². The molecule has 0 aromatic carbocycles. The molecule has 2 heterocycles. The molecule has 68 valence electrons. The van der Waals surface area contributed by atoms with E-state index in [1.807, 2.05) is 6.20 Å². The summed E-state index contributed by atoms with van der Waals surface area (Å²) < 4.78 is 0. The van der Waals surface area contributed by atoms with Crippen LogP contribution in [0.4, 0.5) is 5.82 Å². The molecule has 0 bridgehead atoms. The van der Waals surface area contributed by atoms with E-state index in [1.54, 1.807) is 0 Å². The van der Waals surface area contributed by atoms with Crippen LogP contribution in [0.25, 0.3) is 0 Å². The third-order valence-corrected chi connectivity index (χ3v) is 3.12. The van der Waals surface area contributed by atoms with Gasteiger partial charge in [0.25, 0.3) is 0 Å². The van der Waals surface area contributed by atoms with Crippen molar-refractivity contribution in [2.45, 2.75) is 38.1 Å². The van der Waals surface area contributed by atoms with Crippen molar-refractivity contribution in [1.82, 2.24) is 4.98 Å². The average molecular weight is 174 g/mol. The van der Waals surface area contributed by atoms with Gasteiger partial charge in [-0.15, -0.1) is 0 Å². The van der Waals surface area contributed by atoms with E-state index >= 15 is 0 Å². The summed E-state index contributed by atoms with van der Waals surface area (Å²) in [6, 6.07) is 3.04. The maximum Gasteiger partial charge on any atom is 0.129 e. The Hall–Kier alpha value is -1.05. The number of rotatable bonds is 1. The lowest BCUT2D eigenvalue weighted by molar-refractivity contribution is 0.854. The Morgan fingerprint density at radius 1 is 1.54 bits per heavy atom. The van der Waals surface area contributed by atoms with Gasteiger partial charge in [0.1, 0.15) is 5.82 Å². The number of hydrogen-bond acceptors (Lipinski definition) is 2. The lowest BCUT2D eigenvalue weighted by atomic mass is 10.0. The average Bonchev–Trinajstić information content (AvgIpc) is 2.78. The Kier molecular flexibility index (Phi) is 1.27. The summed E-state index contributed by atoms with van der Waals surface area (Å²) in [5.74, 6) is 2.50. The first-order chi connectivity index (χ1) is 6.25. The molecule has 1 aliphatic heterocycles. The van der Waals surface area contributed by atoms with Gasteiger partial charge in [-0.2, -0.15) is 0 Å². The maximum absolute atomic E-state index is 4.45. The standard InChI is InChI=1S/C11H14N2/c1-6(2)7-3-9-8-4-10(8)13-11(9)12-5-7/h3,5-6,8,10H,4H2,1-2H3,(H,12,13). The highest BCUT2D eigenvalue weighted by Gasteiger charge is 2.45. The van der Waals surface area contributed by atoms with Crippen molar-refractivity contribution in [3.63, 3.8) is 0 Å². The summed E-state index contributed by atoms with van der Waals surface area (Å²) in [6.07, 6.45) is 3.32. The van der Waals surface area contributed by atoms with Gasteiger partial charge in [0.05, 0.1) is 0 Å². The summed E-state index contributed by atoms with van der Waals surface area (Å²) in [5.41, 5.74) is 2.82. The lowest BCUT2D eigenvalue weighted by Gasteiger charge is -2.08. The lowest BCUT2D eigenvalue weighted by Crippen LogP contribution is -1.99. The van der Waals surface area contributed by atoms with E-state index in [-0.39, 0.29) is 0 Å². The number of pyridine rings is 1. The Balaban J connectivity index is 2.06. The van der Waals surface area contributed by atoms with Gasteiger partial charge in [0.15, 0.2) is 0 Å². The molecule has 2 atom stereocenters. The number of hydrogen-bond donors (Lipinski definition) is 1. The number of nitrogens with zero attached hydrogens (tertiary/aromatic N) is 1. The zero-order valence-electron chi connectivity index (χ0n) is 8.04. The molecule has 1 saturated carbocycles. The van der Waals surface area contributed by atoms with Crippen molar-refractivity contribution < 1.29 is 0 Å². The normalized spacial score (nSPS) is 28.2. The minimum absolute atomic E-state index is 0.593. The molecule has 1 aromatic rings. The summed E-state index contributed by atoms with van der Waals surface area (Å²) in [6.45, 7) is 4.44. The predicted octanol–water partition coefficient (Wildman–Crippen LogP) is 2.49. The van der Waals surface area contributed by atoms with Crippen LogP contribution in [0.1, 0.15) is 43.2 Å². The van der Waals surface area contributed by atoms with Crippen molar-refractivity contribution in [2.24, 2.45) is 0 Å². The largest absolute Gasteiger partial charge is 0.366 e. The van der Waals surface area contributed by atoms with Crippen LogP contribution in [0.15, 0.2) is 12.3 Å². The van der Waals surface area contributed by atoms with Crippen molar-refractivity contribution >= 4 is 5.82 Å². The van der Waals surface area contributed by atoms with Crippen LogP contribution in [0.5, 0.6) is 0 Å². The third kappa shape index (κ3) is 0.978. The Morgan fingerprint density at radius 2 is 2.38 bits per heavy atom. The second-order valence-electron chi connectivity index (χ2n) is 4.45. The molecule has 1 aliphatic carbocycles. The third-order valence-electron chi connectivity index (χ3n) is 3.12. The minimum Gasteiger partial charge on any atom is -0.366 e. The Labute approximate surface area is 78.4 Å². The molecule has 0 spiro atoms. The van der Waals surface area contributed by atoms with Crippen molar-refractivity contribution in [3.8, 4) is 0 Å². The zero-order valence-corrected chi connectivity index (χ0v) is 8.04. The van der Waals surface area contributed by atoms with E-state index in [1.165, 1.54) is 17.5 Å². The van der Waals surface area contributed by atoms with Crippen molar-refractivity contribution in [1.29, 1.82) is 0 Å². The monoisotopic (exact) mass is 174 g/mol. The van der Waals surface area contributed by atoms with Crippen molar-refractivity contribution in [3.05, 3.63) is 23.4 Å². The second kappa shape index (κ2) is 2.25. The molecular weight excluding hydrogens is 160 g/mol. The first kappa shape index (κ1) is 7.36. The van der Waals surface area contributed by atoms with E-state index in [0.29, 0.717) is 12.0 Å². The van der Waals surface area contributed by atoms with Gasteiger partial charge in [0.2, 0.25) is 0 Å². The number of aromatic nitrogens is 1. The number of fused-ring (bicyclic) bond motifs is 3. The Bertz CT molecular complexity index is 357. The SMILES string of the molecule is CC(C)c1cnc2c(c1)C1CC1N2. The van der Waals surface area contributed by atoms with Crippen LogP contribution in [0.3, 0.4) is 0 Å². The van der Waals surface area contributed by atoms with Crippen molar-refractivity contribution in [2.75, 3.05) is 5.32 Å². The summed E-state index contributed by atoms with van der Waals surface area (Å²) >= 11 is 0. The molecule has 2 nitrogen and oxygen atoms in total. The highest BCUT2D eigenvalue weighted by molar-refractivity contribution is 5.59. The van der Waals surface area contributed by atoms with E-state index in [9.17, 15) is 0 Å². The quantitative estimate of drug-likeness (QED) is 0.707. The zero-order chi connectivity index (χ0) is 9.00. The van der Waals surface area contributed by atoms with Gasteiger partial charge in [-0.3, -0.25) is 0 Å². The first-order valence-electron chi connectivity index (χ1n) is 5.02. The van der Waals surface area contributed by atoms with Gasteiger partial charge in [-0.05, 0) is 29.5 Å². The maximum atomic E-state index is 4.45. The summed E-state index contributed by atoms with van der Waals surface area (Å²) in [4.78, 5) is 4.45. The molecule has 3 rings (SSSR count). The van der Waals surface area contributed by atoms with Gasteiger partial charge in [-0.25, -0.2) is 4.98 Å². The second-order valence-corrected chi connectivity index (χ2v) is 4.45. The van der Waals surface area contributed by atoms with Gasteiger partial charge < -0.3 is 5.32 Å².